The van der Waals surface area contributed by atoms with Gasteiger partial charge < -0.3 is 9.64 Å². The van der Waals surface area contributed by atoms with Gasteiger partial charge in [-0.15, -0.1) is 11.3 Å². The van der Waals surface area contributed by atoms with Gasteiger partial charge in [0, 0.05) is 25.6 Å². The molecule has 7 heteroatoms. The molecule has 2 heterocycles. The van der Waals surface area contributed by atoms with Crippen LogP contribution in [0.4, 0.5) is 5.00 Å². The summed E-state index contributed by atoms with van der Waals surface area (Å²) in [5.41, 5.74) is 1.31. The van der Waals surface area contributed by atoms with E-state index < -0.39 is 0 Å². The van der Waals surface area contributed by atoms with Crippen LogP contribution in [0.5, 0.6) is 0 Å². The highest BCUT2D eigenvalue weighted by molar-refractivity contribution is 8.13. The number of nitrogens with zero attached hydrogens (tertiary/aromatic N) is 1. The van der Waals surface area contributed by atoms with Crippen LogP contribution in [0.15, 0.2) is 5.38 Å². The summed E-state index contributed by atoms with van der Waals surface area (Å²) in [5.74, 6) is 0.391. The van der Waals surface area contributed by atoms with Crippen LogP contribution in [0.3, 0.4) is 0 Å². The fourth-order valence-corrected chi connectivity index (χ4v) is 4.17. The Morgan fingerprint density at radius 3 is 2.86 bits per heavy atom. The summed E-state index contributed by atoms with van der Waals surface area (Å²) in [6.45, 7) is 5.98. The molecule has 1 saturated heterocycles. The van der Waals surface area contributed by atoms with E-state index in [0.717, 1.165) is 5.56 Å². The van der Waals surface area contributed by atoms with Gasteiger partial charge in [-0.05, 0) is 30.7 Å². The van der Waals surface area contributed by atoms with Crippen LogP contribution in [0.2, 0.25) is 0 Å². The minimum atomic E-state index is -0.384. The van der Waals surface area contributed by atoms with Crippen LogP contribution in [-0.4, -0.2) is 35.9 Å². The second-order valence-electron chi connectivity index (χ2n) is 5.20. The fraction of sp³-hybridized carbons (Fsp3) is 0.533. The SMILES string of the molecule is CCOC(=O)c1c(C)csc1N1CC(CSC(C)=O)CC1=O. The molecule has 0 N–H and O–H groups in total. The first kappa shape index (κ1) is 17.0. The number of amides is 1. The summed E-state index contributed by atoms with van der Waals surface area (Å²) in [7, 11) is 0. The van der Waals surface area contributed by atoms with E-state index in [4.69, 9.17) is 4.74 Å². The van der Waals surface area contributed by atoms with Crippen LogP contribution >= 0.6 is 23.1 Å². The maximum absolute atomic E-state index is 12.3. The maximum Gasteiger partial charge on any atom is 0.341 e. The number of rotatable bonds is 5. The summed E-state index contributed by atoms with van der Waals surface area (Å²) in [5, 5.41) is 2.59. The summed E-state index contributed by atoms with van der Waals surface area (Å²) in [4.78, 5) is 37.1. The number of aryl methyl sites for hydroxylation is 1. The highest BCUT2D eigenvalue weighted by Crippen LogP contribution is 2.36. The van der Waals surface area contributed by atoms with Gasteiger partial charge in [0.2, 0.25) is 5.91 Å². The largest absolute Gasteiger partial charge is 0.462 e. The van der Waals surface area contributed by atoms with Crippen LogP contribution in [-0.2, 0) is 14.3 Å². The average Bonchev–Trinajstić information content (AvgIpc) is 2.99. The number of ether oxygens (including phenoxy) is 1. The highest BCUT2D eigenvalue weighted by Gasteiger charge is 2.34. The van der Waals surface area contributed by atoms with E-state index in [-0.39, 0.29) is 22.9 Å². The van der Waals surface area contributed by atoms with Gasteiger partial charge in [0.1, 0.15) is 5.00 Å². The van der Waals surface area contributed by atoms with E-state index in [9.17, 15) is 14.4 Å². The van der Waals surface area contributed by atoms with E-state index in [1.807, 2.05) is 12.3 Å². The van der Waals surface area contributed by atoms with Gasteiger partial charge in [-0.3, -0.25) is 9.59 Å². The highest BCUT2D eigenvalue weighted by atomic mass is 32.2. The number of hydrogen-bond acceptors (Lipinski definition) is 6. The van der Waals surface area contributed by atoms with E-state index in [0.29, 0.717) is 35.9 Å². The Morgan fingerprint density at radius 2 is 2.23 bits per heavy atom. The Kier molecular flexibility index (Phi) is 5.63. The third-order valence-electron chi connectivity index (χ3n) is 3.41. The van der Waals surface area contributed by atoms with Crippen molar-refractivity contribution in [2.45, 2.75) is 27.2 Å². The molecule has 0 aliphatic carbocycles. The normalized spacial score (nSPS) is 17.9. The molecule has 1 aromatic rings. The van der Waals surface area contributed by atoms with Crippen molar-refractivity contribution in [3.8, 4) is 0 Å². The Labute approximate surface area is 138 Å². The Hall–Kier alpha value is -1.34. The minimum absolute atomic E-state index is 0.00144. The summed E-state index contributed by atoms with van der Waals surface area (Å²) in [6, 6.07) is 0. The first-order chi connectivity index (χ1) is 10.4. The van der Waals surface area contributed by atoms with Gasteiger partial charge >= 0.3 is 5.97 Å². The quantitative estimate of drug-likeness (QED) is 0.771. The number of carbonyl (C=O) groups excluding carboxylic acids is 3. The molecule has 0 aromatic carbocycles. The Bertz CT molecular complexity index is 596. The van der Waals surface area contributed by atoms with E-state index in [2.05, 4.69) is 0 Å². The van der Waals surface area contributed by atoms with Crippen LogP contribution in [0, 0.1) is 12.8 Å². The van der Waals surface area contributed by atoms with Gasteiger partial charge in [-0.25, -0.2) is 4.79 Å². The third kappa shape index (κ3) is 3.70. The van der Waals surface area contributed by atoms with Gasteiger partial charge in [-0.1, -0.05) is 11.8 Å². The van der Waals surface area contributed by atoms with Gasteiger partial charge in [0.05, 0.1) is 12.2 Å². The molecule has 2 rings (SSSR count). The van der Waals surface area contributed by atoms with Crippen LogP contribution in [0.25, 0.3) is 0 Å². The molecule has 120 valence electrons. The number of carbonyl (C=O) groups is 3. The third-order valence-corrected chi connectivity index (χ3v) is 5.57. The lowest BCUT2D eigenvalue weighted by Crippen LogP contribution is -2.26. The van der Waals surface area contributed by atoms with E-state index in [1.54, 1.807) is 11.8 Å². The summed E-state index contributed by atoms with van der Waals surface area (Å²) >= 11 is 2.63. The molecule has 1 unspecified atom stereocenters. The van der Waals surface area contributed by atoms with Crippen LogP contribution in [0.1, 0.15) is 36.2 Å². The lowest BCUT2D eigenvalue weighted by atomic mass is 10.1. The number of esters is 1. The minimum Gasteiger partial charge on any atom is -0.462 e. The smallest absolute Gasteiger partial charge is 0.341 e. The molecule has 0 bridgehead atoms. The Balaban J connectivity index is 2.17. The molecule has 1 aromatic heterocycles. The molecule has 1 atom stereocenters. The van der Waals surface area contributed by atoms with Crippen molar-refractivity contribution in [3.05, 3.63) is 16.5 Å². The number of thiophene rings is 1. The van der Waals surface area contributed by atoms with Crippen molar-refractivity contribution in [2.24, 2.45) is 5.92 Å². The predicted octanol–water partition coefficient (Wildman–Crippen LogP) is 2.87. The van der Waals surface area contributed by atoms with E-state index in [1.165, 1.54) is 30.0 Å². The molecule has 1 fully saturated rings. The molecule has 1 amide bonds. The number of thioether (sulfide) groups is 1. The van der Waals surface area contributed by atoms with Crippen molar-refractivity contribution < 1.29 is 19.1 Å². The molecule has 0 spiro atoms. The van der Waals surface area contributed by atoms with Gasteiger partial charge in [0.15, 0.2) is 5.12 Å². The van der Waals surface area contributed by atoms with Crippen molar-refractivity contribution in [3.63, 3.8) is 0 Å². The molecule has 0 saturated carbocycles. The molecule has 22 heavy (non-hydrogen) atoms. The molecular weight excluding hydrogens is 322 g/mol. The van der Waals surface area contributed by atoms with Crippen molar-refractivity contribution in [1.82, 2.24) is 0 Å². The maximum atomic E-state index is 12.3. The lowest BCUT2D eigenvalue weighted by molar-refractivity contribution is -0.117. The van der Waals surface area contributed by atoms with Crippen molar-refractivity contribution in [2.75, 3.05) is 23.8 Å². The topological polar surface area (TPSA) is 63.7 Å². The first-order valence-electron chi connectivity index (χ1n) is 7.13. The monoisotopic (exact) mass is 341 g/mol. The van der Waals surface area contributed by atoms with Crippen molar-refractivity contribution >= 4 is 45.1 Å². The first-order valence-corrected chi connectivity index (χ1v) is 8.99. The standard InChI is InChI=1S/C15H19NO4S2/c1-4-20-15(19)13-9(2)7-22-14(13)16-6-11(5-12(16)18)8-21-10(3)17/h7,11H,4-6,8H2,1-3H3. The second kappa shape index (κ2) is 7.28. The zero-order valence-electron chi connectivity index (χ0n) is 12.9. The van der Waals surface area contributed by atoms with Gasteiger partial charge in [0.25, 0.3) is 0 Å². The molecule has 1 aliphatic rings. The van der Waals surface area contributed by atoms with E-state index >= 15 is 0 Å². The number of hydrogen-bond donors (Lipinski definition) is 0. The zero-order valence-corrected chi connectivity index (χ0v) is 14.5. The predicted molar refractivity (Wildman–Crippen MR) is 88.6 cm³/mol. The Morgan fingerprint density at radius 1 is 1.50 bits per heavy atom. The lowest BCUT2D eigenvalue weighted by Gasteiger charge is -2.16. The number of anilines is 1. The molecule has 0 radical (unpaired) electrons. The average molecular weight is 341 g/mol. The molecule has 1 aliphatic heterocycles. The van der Waals surface area contributed by atoms with Crippen LogP contribution < -0.4 is 4.90 Å². The second-order valence-corrected chi connectivity index (χ2v) is 7.25. The van der Waals surface area contributed by atoms with Gasteiger partial charge in [-0.2, -0.15) is 0 Å². The molecule has 5 nitrogen and oxygen atoms in total. The zero-order chi connectivity index (χ0) is 16.3. The summed E-state index contributed by atoms with van der Waals surface area (Å²) in [6.07, 6.45) is 0.416. The van der Waals surface area contributed by atoms with Crippen molar-refractivity contribution in [1.29, 1.82) is 0 Å². The summed E-state index contributed by atoms with van der Waals surface area (Å²) < 4.78 is 5.09. The fourth-order valence-electron chi connectivity index (χ4n) is 2.41. The molecular formula is C15H19NO4S2.